The van der Waals surface area contributed by atoms with E-state index in [1.807, 2.05) is 30.3 Å². The van der Waals surface area contributed by atoms with E-state index in [0.29, 0.717) is 44.0 Å². The standard InChI is InChI=1S/C38H31Cl2N3O5S/c1-47-28-20-27(21-29(22-28)48-2)42-38(46)35(24-10-5-3-6-11-24)49-30-18-16-26(17-19-30)41-37(45)34(23-31-32(39)14-9-15-33(31)40)43-36(44)25-12-7-4-8-13-25/h3-23,35H,1-2H3,(H,41,45)(H,42,46)(H,43,44)/b34-23-. The lowest BCUT2D eigenvalue weighted by Crippen LogP contribution is -2.30. The minimum Gasteiger partial charge on any atom is -0.497 e. The summed E-state index contributed by atoms with van der Waals surface area (Å²) in [7, 11) is 3.09. The average Bonchev–Trinajstić information content (AvgIpc) is 3.12. The largest absolute Gasteiger partial charge is 0.497 e. The molecule has 0 fully saturated rings. The molecule has 5 rings (SSSR count). The number of halogens is 2. The molecule has 0 saturated carbocycles. The van der Waals surface area contributed by atoms with Gasteiger partial charge in [-0.05, 0) is 60.2 Å². The van der Waals surface area contributed by atoms with Gasteiger partial charge < -0.3 is 25.4 Å². The van der Waals surface area contributed by atoms with Gasteiger partial charge in [0, 0.05) is 55.6 Å². The van der Waals surface area contributed by atoms with Gasteiger partial charge in [-0.15, -0.1) is 11.8 Å². The minimum atomic E-state index is -0.609. The molecule has 0 aromatic heterocycles. The number of rotatable bonds is 12. The van der Waals surface area contributed by atoms with Crippen LogP contribution in [-0.4, -0.2) is 31.9 Å². The molecule has 0 saturated heterocycles. The Kier molecular flexibility index (Phi) is 12.0. The predicted molar refractivity (Wildman–Crippen MR) is 197 cm³/mol. The third kappa shape index (κ3) is 9.45. The monoisotopic (exact) mass is 711 g/mol. The van der Waals surface area contributed by atoms with Crippen molar-refractivity contribution in [2.45, 2.75) is 10.1 Å². The molecule has 0 aliphatic carbocycles. The first kappa shape index (κ1) is 35.1. The van der Waals surface area contributed by atoms with Gasteiger partial charge in [0.2, 0.25) is 5.91 Å². The van der Waals surface area contributed by atoms with E-state index in [0.717, 1.165) is 10.5 Å². The van der Waals surface area contributed by atoms with Crippen LogP contribution in [0.15, 0.2) is 132 Å². The molecule has 0 aliphatic heterocycles. The van der Waals surface area contributed by atoms with Crippen molar-refractivity contribution in [2.75, 3.05) is 24.9 Å². The Bertz CT molecular complexity index is 1930. The van der Waals surface area contributed by atoms with Crippen molar-refractivity contribution >= 4 is 70.1 Å². The number of hydrogen-bond acceptors (Lipinski definition) is 6. The van der Waals surface area contributed by atoms with Crippen molar-refractivity contribution in [3.05, 3.63) is 154 Å². The molecule has 0 bridgehead atoms. The summed E-state index contributed by atoms with van der Waals surface area (Å²) in [6.45, 7) is 0. The van der Waals surface area contributed by atoms with Crippen LogP contribution in [0.5, 0.6) is 11.5 Å². The zero-order valence-electron chi connectivity index (χ0n) is 26.4. The number of carbonyl (C=O) groups is 3. The van der Waals surface area contributed by atoms with Crippen LogP contribution in [0.1, 0.15) is 26.7 Å². The number of ether oxygens (including phenoxy) is 2. The molecule has 5 aromatic rings. The van der Waals surface area contributed by atoms with Crippen molar-refractivity contribution < 1.29 is 23.9 Å². The van der Waals surface area contributed by atoms with Gasteiger partial charge in [-0.3, -0.25) is 14.4 Å². The lowest BCUT2D eigenvalue weighted by atomic mass is 10.1. The molecule has 1 atom stereocenters. The van der Waals surface area contributed by atoms with Crippen molar-refractivity contribution in [1.29, 1.82) is 0 Å². The molecule has 248 valence electrons. The first-order chi connectivity index (χ1) is 23.7. The Balaban J connectivity index is 1.35. The number of methoxy groups -OCH3 is 2. The van der Waals surface area contributed by atoms with Crippen LogP contribution in [0, 0.1) is 0 Å². The van der Waals surface area contributed by atoms with Crippen LogP contribution in [-0.2, 0) is 9.59 Å². The lowest BCUT2D eigenvalue weighted by Gasteiger charge is -2.18. The molecule has 0 heterocycles. The fraction of sp³-hybridized carbons (Fsp3) is 0.0789. The average molecular weight is 713 g/mol. The molecule has 0 radical (unpaired) electrons. The number of carbonyl (C=O) groups excluding carboxylic acids is 3. The van der Waals surface area contributed by atoms with Crippen LogP contribution in [0.4, 0.5) is 11.4 Å². The fourth-order valence-electron chi connectivity index (χ4n) is 4.67. The summed E-state index contributed by atoms with van der Waals surface area (Å²) in [5, 5.41) is 8.51. The summed E-state index contributed by atoms with van der Waals surface area (Å²) in [4.78, 5) is 41.0. The van der Waals surface area contributed by atoms with Crippen LogP contribution in [0.25, 0.3) is 6.08 Å². The Morgan fingerprint density at radius 3 is 1.88 bits per heavy atom. The molecular weight excluding hydrogens is 681 g/mol. The van der Waals surface area contributed by atoms with E-state index in [-0.39, 0.29) is 11.6 Å². The maximum Gasteiger partial charge on any atom is 0.272 e. The van der Waals surface area contributed by atoms with E-state index in [9.17, 15) is 14.4 Å². The van der Waals surface area contributed by atoms with Crippen LogP contribution >= 0.6 is 35.0 Å². The van der Waals surface area contributed by atoms with Gasteiger partial charge in [-0.1, -0.05) is 77.8 Å². The van der Waals surface area contributed by atoms with Crippen LogP contribution < -0.4 is 25.4 Å². The van der Waals surface area contributed by atoms with E-state index >= 15 is 0 Å². The molecule has 11 heteroatoms. The van der Waals surface area contributed by atoms with E-state index in [1.54, 1.807) is 105 Å². The summed E-state index contributed by atoms with van der Waals surface area (Å²) in [6, 6.07) is 35.1. The molecule has 1 unspecified atom stereocenters. The third-order valence-corrected chi connectivity index (χ3v) is 9.07. The maximum absolute atomic E-state index is 13.7. The molecule has 3 N–H and O–H groups in total. The zero-order chi connectivity index (χ0) is 34.8. The Labute approximate surface area is 298 Å². The van der Waals surface area contributed by atoms with Gasteiger partial charge in [0.1, 0.15) is 22.4 Å². The van der Waals surface area contributed by atoms with Gasteiger partial charge in [0.25, 0.3) is 11.8 Å². The first-order valence-corrected chi connectivity index (χ1v) is 16.6. The quantitative estimate of drug-likeness (QED) is 0.0882. The minimum absolute atomic E-state index is 0.0581. The first-order valence-electron chi connectivity index (χ1n) is 14.9. The summed E-state index contributed by atoms with van der Waals surface area (Å²) in [5.74, 6) is -0.218. The lowest BCUT2D eigenvalue weighted by molar-refractivity contribution is -0.116. The Hall–Kier alpha value is -5.22. The van der Waals surface area contributed by atoms with Crippen LogP contribution in [0.2, 0.25) is 10.0 Å². The van der Waals surface area contributed by atoms with E-state index in [1.165, 1.54) is 17.8 Å². The molecule has 0 aliphatic rings. The van der Waals surface area contributed by atoms with Crippen molar-refractivity contribution in [1.82, 2.24) is 5.32 Å². The van der Waals surface area contributed by atoms with E-state index < -0.39 is 17.1 Å². The topological polar surface area (TPSA) is 106 Å². The smallest absolute Gasteiger partial charge is 0.272 e. The van der Waals surface area contributed by atoms with E-state index in [2.05, 4.69) is 16.0 Å². The highest BCUT2D eigenvalue weighted by atomic mass is 35.5. The second-order valence-electron chi connectivity index (χ2n) is 10.5. The van der Waals surface area contributed by atoms with Crippen molar-refractivity contribution in [2.24, 2.45) is 0 Å². The molecule has 5 aromatic carbocycles. The second kappa shape index (κ2) is 16.7. The summed E-state index contributed by atoms with van der Waals surface area (Å²) in [5.41, 5.74) is 2.49. The summed E-state index contributed by atoms with van der Waals surface area (Å²) >= 11 is 14.1. The molecular formula is C38H31Cl2N3O5S. The fourth-order valence-corrected chi connectivity index (χ4v) is 6.21. The number of nitrogens with one attached hydrogen (secondary N) is 3. The van der Waals surface area contributed by atoms with Crippen molar-refractivity contribution in [3.8, 4) is 11.5 Å². The normalized spacial score (nSPS) is 11.6. The number of hydrogen-bond donors (Lipinski definition) is 3. The molecule has 0 spiro atoms. The van der Waals surface area contributed by atoms with Gasteiger partial charge >= 0.3 is 0 Å². The predicted octanol–water partition coefficient (Wildman–Crippen LogP) is 8.89. The van der Waals surface area contributed by atoms with Gasteiger partial charge in [0.05, 0.1) is 14.2 Å². The van der Waals surface area contributed by atoms with Gasteiger partial charge in [-0.25, -0.2) is 0 Å². The number of benzene rings is 5. The summed E-state index contributed by atoms with van der Waals surface area (Å²) in [6.07, 6.45) is 1.44. The number of amides is 3. The molecule has 8 nitrogen and oxygen atoms in total. The number of anilines is 2. The zero-order valence-corrected chi connectivity index (χ0v) is 28.7. The van der Waals surface area contributed by atoms with Crippen LogP contribution in [0.3, 0.4) is 0 Å². The van der Waals surface area contributed by atoms with E-state index in [4.69, 9.17) is 32.7 Å². The molecule has 49 heavy (non-hydrogen) atoms. The molecule has 3 amide bonds. The Morgan fingerprint density at radius 1 is 0.694 bits per heavy atom. The highest BCUT2D eigenvalue weighted by molar-refractivity contribution is 8.00. The highest BCUT2D eigenvalue weighted by Crippen LogP contribution is 2.37. The van der Waals surface area contributed by atoms with Gasteiger partial charge in [-0.2, -0.15) is 0 Å². The maximum atomic E-state index is 13.7. The second-order valence-corrected chi connectivity index (χ2v) is 12.5. The van der Waals surface area contributed by atoms with Gasteiger partial charge in [0.15, 0.2) is 0 Å². The summed E-state index contributed by atoms with van der Waals surface area (Å²) < 4.78 is 10.7. The SMILES string of the molecule is COc1cc(NC(=O)C(Sc2ccc(NC(=O)/C(=C/c3c(Cl)cccc3Cl)NC(=O)c3ccccc3)cc2)c2ccccc2)cc(OC)c1. The van der Waals surface area contributed by atoms with Crippen molar-refractivity contribution in [3.63, 3.8) is 0 Å². The third-order valence-electron chi connectivity index (χ3n) is 7.14. The highest BCUT2D eigenvalue weighted by Gasteiger charge is 2.23. The number of thioether (sulfide) groups is 1. The Morgan fingerprint density at radius 2 is 1.29 bits per heavy atom.